The van der Waals surface area contributed by atoms with Crippen molar-refractivity contribution in [1.29, 1.82) is 0 Å². The molecule has 0 bridgehead atoms. The van der Waals surface area contributed by atoms with E-state index in [9.17, 15) is 9.59 Å². The van der Waals surface area contributed by atoms with Gasteiger partial charge in [0.2, 0.25) is 0 Å². The molecule has 0 saturated carbocycles. The number of rotatable bonds is 5. The molecule has 0 aliphatic carbocycles. The lowest BCUT2D eigenvalue weighted by Crippen LogP contribution is -2.13. The van der Waals surface area contributed by atoms with Crippen LogP contribution in [-0.4, -0.2) is 37.4 Å². The third-order valence-corrected chi connectivity index (χ3v) is 1.20. The largest absolute Gasteiger partial charge is 0.469 e. The van der Waals surface area contributed by atoms with Gasteiger partial charge < -0.3 is 14.6 Å². The van der Waals surface area contributed by atoms with E-state index < -0.39 is 11.9 Å². The summed E-state index contributed by atoms with van der Waals surface area (Å²) in [7, 11) is 1.22. The molecular weight excluding hydrogens is 176 g/mol. The third-order valence-electron chi connectivity index (χ3n) is 1.20. The van der Waals surface area contributed by atoms with Crippen molar-refractivity contribution in [2.75, 3.05) is 20.3 Å². The SMILES string of the molecule is C=C(CC(=O)OC)C(=O)OCCO. The molecule has 13 heavy (non-hydrogen) atoms. The molecule has 74 valence electrons. The Morgan fingerprint density at radius 3 is 2.54 bits per heavy atom. The number of carbonyl (C=O) groups excluding carboxylic acids is 2. The number of hydrogen-bond donors (Lipinski definition) is 1. The van der Waals surface area contributed by atoms with E-state index in [2.05, 4.69) is 16.1 Å². The molecular formula is C8H12O5. The second kappa shape index (κ2) is 6.19. The first-order valence-electron chi connectivity index (χ1n) is 3.64. The van der Waals surface area contributed by atoms with Crippen molar-refractivity contribution in [2.45, 2.75) is 6.42 Å². The zero-order valence-corrected chi connectivity index (χ0v) is 7.41. The van der Waals surface area contributed by atoms with Crippen molar-refractivity contribution in [3.05, 3.63) is 12.2 Å². The summed E-state index contributed by atoms with van der Waals surface area (Å²) >= 11 is 0. The first-order valence-corrected chi connectivity index (χ1v) is 3.64. The van der Waals surface area contributed by atoms with Gasteiger partial charge in [-0.15, -0.1) is 0 Å². The zero-order valence-electron chi connectivity index (χ0n) is 7.41. The Balaban J connectivity index is 3.83. The summed E-state index contributed by atoms with van der Waals surface area (Å²) < 4.78 is 8.82. The van der Waals surface area contributed by atoms with Gasteiger partial charge in [0.05, 0.1) is 20.1 Å². The van der Waals surface area contributed by atoms with Crippen molar-refractivity contribution < 1.29 is 24.2 Å². The Labute approximate surface area is 75.9 Å². The minimum atomic E-state index is -0.695. The minimum absolute atomic E-state index is 0.0142. The van der Waals surface area contributed by atoms with Crippen LogP contribution in [0.4, 0.5) is 0 Å². The molecule has 0 saturated heterocycles. The summed E-state index contributed by atoms with van der Waals surface area (Å²) in [6.45, 7) is 2.99. The standard InChI is InChI=1S/C8H12O5/c1-6(5-7(10)12-2)8(11)13-4-3-9/h9H,1,3-5H2,2H3. The number of aliphatic hydroxyl groups excluding tert-OH is 1. The van der Waals surface area contributed by atoms with Crippen LogP contribution in [0.3, 0.4) is 0 Å². The molecule has 0 aliphatic heterocycles. The van der Waals surface area contributed by atoms with Gasteiger partial charge in [-0.05, 0) is 0 Å². The van der Waals surface area contributed by atoms with Crippen LogP contribution < -0.4 is 0 Å². The normalized spacial score (nSPS) is 9.08. The van der Waals surface area contributed by atoms with Gasteiger partial charge in [0.25, 0.3) is 0 Å². The molecule has 0 aliphatic rings. The highest BCUT2D eigenvalue weighted by Gasteiger charge is 2.12. The van der Waals surface area contributed by atoms with Crippen LogP contribution in [0.15, 0.2) is 12.2 Å². The van der Waals surface area contributed by atoms with Gasteiger partial charge >= 0.3 is 11.9 Å². The van der Waals surface area contributed by atoms with Crippen molar-refractivity contribution in [3.63, 3.8) is 0 Å². The zero-order chi connectivity index (χ0) is 10.3. The van der Waals surface area contributed by atoms with Crippen molar-refractivity contribution >= 4 is 11.9 Å². The average molecular weight is 188 g/mol. The molecule has 0 radical (unpaired) electrons. The molecule has 0 heterocycles. The number of methoxy groups -OCH3 is 1. The third kappa shape index (κ3) is 4.97. The van der Waals surface area contributed by atoms with Gasteiger partial charge in [0, 0.05) is 5.57 Å². The molecule has 0 aromatic carbocycles. The van der Waals surface area contributed by atoms with E-state index in [1.165, 1.54) is 7.11 Å². The first kappa shape index (κ1) is 11.6. The Morgan fingerprint density at radius 2 is 2.08 bits per heavy atom. The van der Waals surface area contributed by atoms with Gasteiger partial charge in [-0.1, -0.05) is 6.58 Å². The van der Waals surface area contributed by atoms with Crippen LogP contribution in [-0.2, 0) is 19.1 Å². The second-order valence-corrected chi connectivity index (χ2v) is 2.22. The lowest BCUT2D eigenvalue weighted by atomic mass is 10.2. The van der Waals surface area contributed by atoms with Crippen LogP contribution in [0, 0.1) is 0 Å². The van der Waals surface area contributed by atoms with Gasteiger partial charge in [0.1, 0.15) is 6.61 Å². The number of esters is 2. The highest BCUT2D eigenvalue weighted by Crippen LogP contribution is 2.01. The van der Waals surface area contributed by atoms with Crippen LogP contribution in [0.1, 0.15) is 6.42 Å². The number of ether oxygens (including phenoxy) is 2. The molecule has 1 N–H and O–H groups in total. The molecule has 0 atom stereocenters. The summed E-state index contributed by atoms with van der Waals surface area (Å²) in [6.07, 6.45) is -0.194. The predicted molar refractivity (Wildman–Crippen MR) is 43.8 cm³/mol. The molecule has 5 heteroatoms. The molecule has 0 amide bonds. The molecule has 0 aromatic heterocycles. The topological polar surface area (TPSA) is 72.8 Å². The van der Waals surface area contributed by atoms with Crippen molar-refractivity contribution in [1.82, 2.24) is 0 Å². The molecule has 5 nitrogen and oxygen atoms in total. The van der Waals surface area contributed by atoms with Crippen molar-refractivity contribution in [3.8, 4) is 0 Å². The Hall–Kier alpha value is -1.36. The summed E-state index contributed by atoms with van der Waals surface area (Å²) in [5.74, 6) is -1.25. The molecule has 0 aromatic rings. The van der Waals surface area contributed by atoms with Gasteiger partial charge in [-0.3, -0.25) is 4.79 Å². The van der Waals surface area contributed by atoms with Gasteiger partial charge in [0.15, 0.2) is 0 Å². The van der Waals surface area contributed by atoms with E-state index in [4.69, 9.17) is 5.11 Å². The van der Waals surface area contributed by atoms with E-state index in [-0.39, 0.29) is 25.2 Å². The molecule has 0 spiro atoms. The molecule has 0 fully saturated rings. The maximum Gasteiger partial charge on any atom is 0.334 e. The van der Waals surface area contributed by atoms with E-state index in [0.29, 0.717) is 0 Å². The van der Waals surface area contributed by atoms with Crippen LogP contribution in [0.25, 0.3) is 0 Å². The van der Waals surface area contributed by atoms with Crippen LogP contribution in [0.5, 0.6) is 0 Å². The molecule has 0 unspecified atom stereocenters. The van der Waals surface area contributed by atoms with Crippen LogP contribution in [0.2, 0.25) is 0 Å². The monoisotopic (exact) mass is 188 g/mol. The minimum Gasteiger partial charge on any atom is -0.469 e. The number of aliphatic hydroxyl groups is 1. The van der Waals surface area contributed by atoms with Crippen LogP contribution >= 0.6 is 0 Å². The predicted octanol–water partition coefficient (Wildman–Crippen LogP) is -0.359. The summed E-state index contributed by atoms with van der Waals surface area (Å²) in [5, 5.41) is 8.33. The number of hydrogen-bond acceptors (Lipinski definition) is 5. The quantitative estimate of drug-likeness (QED) is 0.471. The lowest BCUT2D eigenvalue weighted by Gasteiger charge is -2.03. The summed E-state index contributed by atoms with van der Waals surface area (Å²) in [6, 6.07) is 0. The van der Waals surface area contributed by atoms with E-state index in [1.54, 1.807) is 0 Å². The van der Waals surface area contributed by atoms with E-state index >= 15 is 0 Å². The Kier molecular flexibility index (Phi) is 5.54. The van der Waals surface area contributed by atoms with Gasteiger partial charge in [-0.2, -0.15) is 0 Å². The highest BCUT2D eigenvalue weighted by atomic mass is 16.5. The fourth-order valence-electron chi connectivity index (χ4n) is 0.559. The fourth-order valence-corrected chi connectivity index (χ4v) is 0.559. The highest BCUT2D eigenvalue weighted by molar-refractivity contribution is 5.93. The maximum atomic E-state index is 10.9. The number of carbonyl (C=O) groups is 2. The maximum absolute atomic E-state index is 10.9. The average Bonchev–Trinajstić information content (AvgIpc) is 2.13. The van der Waals surface area contributed by atoms with Crippen molar-refractivity contribution in [2.24, 2.45) is 0 Å². The summed E-state index contributed by atoms with van der Waals surface area (Å²) in [5.41, 5.74) is 0.0142. The fraction of sp³-hybridized carbons (Fsp3) is 0.500. The van der Waals surface area contributed by atoms with E-state index in [1.807, 2.05) is 0 Å². The Morgan fingerprint density at radius 1 is 1.46 bits per heavy atom. The van der Waals surface area contributed by atoms with Gasteiger partial charge in [-0.25, -0.2) is 4.79 Å². The second-order valence-electron chi connectivity index (χ2n) is 2.22. The first-order chi connectivity index (χ1) is 6.11. The lowest BCUT2D eigenvalue weighted by molar-refractivity contribution is -0.144. The smallest absolute Gasteiger partial charge is 0.334 e. The Bertz CT molecular complexity index is 209. The molecule has 0 rings (SSSR count). The summed E-state index contributed by atoms with van der Waals surface area (Å²) in [4.78, 5) is 21.6. The van der Waals surface area contributed by atoms with E-state index in [0.717, 1.165) is 0 Å².